The van der Waals surface area contributed by atoms with Gasteiger partial charge in [0.15, 0.2) is 0 Å². The summed E-state index contributed by atoms with van der Waals surface area (Å²) in [6.45, 7) is 2.26. The second kappa shape index (κ2) is 5.97. The first-order chi connectivity index (χ1) is 7.86. The number of hydrogen-bond donors (Lipinski definition) is 1. The van der Waals surface area contributed by atoms with E-state index in [-0.39, 0.29) is 5.82 Å². The summed E-state index contributed by atoms with van der Waals surface area (Å²) < 4.78 is 18.9. The Morgan fingerprint density at radius 3 is 2.94 bits per heavy atom. The summed E-state index contributed by atoms with van der Waals surface area (Å²) in [4.78, 5) is 0. The fourth-order valence-corrected chi connectivity index (χ4v) is 1.98. The zero-order valence-electron chi connectivity index (χ0n) is 9.42. The minimum Gasteiger partial charge on any atom is -0.377 e. The molecule has 1 aromatic carbocycles. The van der Waals surface area contributed by atoms with Crippen LogP contribution < -0.4 is 5.32 Å². The lowest BCUT2D eigenvalue weighted by molar-refractivity contribution is 0.0167. The van der Waals surface area contributed by atoms with E-state index in [0.29, 0.717) is 12.6 Å². The topological polar surface area (TPSA) is 21.3 Å². The van der Waals surface area contributed by atoms with Crippen molar-refractivity contribution in [3.05, 3.63) is 35.6 Å². The van der Waals surface area contributed by atoms with Crippen molar-refractivity contribution in [1.82, 2.24) is 5.32 Å². The Bertz CT molecular complexity index is 323. The molecule has 0 radical (unpaired) electrons. The van der Waals surface area contributed by atoms with E-state index in [4.69, 9.17) is 4.74 Å². The van der Waals surface area contributed by atoms with Crippen LogP contribution in [0.3, 0.4) is 0 Å². The van der Waals surface area contributed by atoms with E-state index in [2.05, 4.69) is 5.32 Å². The van der Waals surface area contributed by atoms with E-state index < -0.39 is 0 Å². The lowest BCUT2D eigenvalue weighted by Gasteiger charge is -2.22. The predicted octanol–water partition coefficient (Wildman–Crippen LogP) is 2.48. The lowest BCUT2D eigenvalue weighted by atomic mass is 10.1. The average Bonchev–Trinajstić information content (AvgIpc) is 2.33. The molecule has 1 saturated heterocycles. The number of benzene rings is 1. The Morgan fingerprint density at radius 2 is 2.19 bits per heavy atom. The summed E-state index contributed by atoms with van der Waals surface area (Å²) in [5.74, 6) is -0.139. The van der Waals surface area contributed by atoms with Crippen molar-refractivity contribution in [1.29, 1.82) is 0 Å². The third-order valence-corrected chi connectivity index (χ3v) is 2.92. The van der Waals surface area contributed by atoms with Gasteiger partial charge in [-0.3, -0.25) is 0 Å². The Balaban J connectivity index is 1.73. The van der Waals surface area contributed by atoms with Gasteiger partial charge < -0.3 is 10.1 Å². The largest absolute Gasteiger partial charge is 0.377 e. The van der Waals surface area contributed by atoms with Gasteiger partial charge in [0.05, 0.1) is 6.10 Å². The summed E-state index contributed by atoms with van der Waals surface area (Å²) in [6.07, 6.45) is 3.83. The van der Waals surface area contributed by atoms with Crippen molar-refractivity contribution in [3.8, 4) is 0 Å². The third kappa shape index (κ3) is 3.29. The van der Waals surface area contributed by atoms with Crippen LogP contribution in [0.25, 0.3) is 0 Å². The molecule has 0 spiro atoms. The molecule has 1 atom stereocenters. The first kappa shape index (κ1) is 11.6. The van der Waals surface area contributed by atoms with Gasteiger partial charge >= 0.3 is 0 Å². The molecule has 1 aliphatic rings. The molecule has 0 aliphatic carbocycles. The smallest absolute Gasteiger partial charge is 0.127 e. The van der Waals surface area contributed by atoms with Gasteiger partial charge in [0.1, 0.15) is 5.82 Å². The third-order valence-electron chi connectivity index (χ3n) is 2.92. The highest BCUT2D eigenvalue weighted by atomic mass is 19.1. The molecule has 16 heavy (non-hydrogen) atoms. The van der Waals surface area contributed by atoms with E-state index in [0.717, 1.165) is 25.1 Å². The van der Waals surface area contributed by atoms with Gasteiger partial charge in [0.25, 0.3) is 0 Å². The average molecular weight is 223 g/mol. The summed E-state index contributed by atoms with van der Waals surface area (Å²) >= 11 is 0. The van der Waals surface area contributed by atoms with E-state index in [9.17, 15) is 4.39 Å². The zero-order valence-corrected chi connectivity index (χ0v) is 9.42. The van der Waals surface area contributed by atoms with E-state index in [1.807, 2.05) is 12.1 Å². The van der Waals surface area contributed by atoms with Crippen LogP contribution in [0.4, 0.5) is 4.39 Å². The SMILES string of the molecule is Fc1ccccc1CNCC1CCCCO1. The van der Waals surface area contributed by atoms with Crippen molar-refractivity contribution in [2.45, 2.75) is 31.9 Å². The molecule has 0 bridgehead atoms. The van der Waals surface area contributed by atoms with Crippen LogP contribution >= 0.6 is 0 Å². The highest BCUT2D eigenvalue weighted by Gasteiger charge is 2.13. The van der Waals surface area contributed by atoms with Gasteiger partial charge in [-0.15, -0.1) is 0 Å². The molecule has 88 valence electrons. The Labute approximate surface area is 95.8 Å². The number of rotatable bonds is 4. The van der Waals surface area contributed by atoms with Crippen molar-refractivity contribution in [2.24, 2.45) is 0 Å². The van der Waals surface area contributed by atoms with Gasteiger partial charge in [-0.1, -0.05) is 18.2 Å². The van der Waals surface area contributed by atoms with Crippen LogP contribution in [0.5, 0.6) is 0 Å². The zero-order chi connectivity index (χ0) is 11.2. The second-order valence-electron chi connectivity index (χ2n) is 4.21. The van der Waals surface area contributed by atoms with Crippen LogP contribution in [-0.4, -0.2) is 19.3 Å². The van der Waals surface area contributed by atoms with E-state index >= 15 is 0 Å². The summed E-state index contributed by atoms with van der Waals surface area (Å²) in [6, 6.07) is 6.87. The van der Waals surface area contributed by atoms with Crippen molar-refractivity contribution in [2.75, 3.05) is 13.2 Å². The molecular formula is C13H18FNO. The summed E-state index contributed by atoms with van der Waals surface area (Å²) in [5.41, 5.74) is 0.721. The molecule has 1 aromatic rings. The molecule has 0 aromatic heterocycles. The fraction of sp³-hybridized carbons (Fsp3) is 0.538. The van der Waals surface area contributed by atoms with Crippen LogP contribution in [-0.2, 0) is 11.3 Å². The minimum atomic E-state index is -0.139. The summed E-state index contributed by atoms with van der Waals surface area (Å²) in [5, 5.41) is 3.25. The molecule has 0 saturated carbocycles. The highest BCUT2D eigenvalue weighted by molar-refractivity contribution is 5.16. The summed E-state index contributed by atoms with van der Waals surface area (Å²) in [7, 11) is 0. The molecule has 1 unspecified atom stereocenters. The van der Waals surface area contributed by atoms with E-state index in [1.165, 1.54) is 18.9 Å². The van der Waals surface area contributed by atoms with Crippen LogP contribution in [0, 0.1) is 5.82 Å². The Kier molecular flexibility index (Phi) is 4.31. The van der Waals surface area contributed by atoms with Gasteiger partial charge in [0.2, 0.25) is 0 Å². The Hall–Kier alpha value is -0.930. The molecule has 2 rings (SSSR count). The molecule has 1 aliphatic heterocycles. The molecule has 2 nitrogen and oxygen atoms in total. The van der Waals surface area contributed by atoms with Crippen LogP contribution in [0.1, 0.15) is 24.8 Å². The maximum Gasteiger partial charge on any atom is 0.127 e. The lowest BCUT2D eigenvalue weighted by Crippen LogP contribution is -2.31. The number of nitrogens with one attached hydrogen (secondary N) is 1. The normalized spacial score (nSPS) is 20.9. The fourth-order valence-electron chi connectivity index (χ4n) is 1.98. The van der Waals surface area contributed by atoms with Crippen molar-refractivity contribution < 1.29 is 9.13 Å². The first-order valence-electron chi connectivity index (χ1n) is 5.92. The van der Waals surface area contributed by atoms with Gasteiger partial charge in [-0.2, -0.15) is 0 Å². The maximum atomic E-state index is 13.3. The quantitative estimate of drug-likeness (QED) is 0.846. The van der Waals surface area contributed by atoms with Gasteiger partial charge in [0, 0.05) is 25.3 Å². The monoisotopic (exact) mass is 223 g/mol. The number of halogens is 1. The molecule has 1 fully saturated rings. The van der Waals surface area contributed by atoms with Crippen molar-refractivity contribution in [3.63, 3.8) is 0 Å². The molecule has 0 amide bonds. The first-order valence-corrected chi connectivity index (χ1v) is 5.92. The molecule has 1 heterocycles. The van der Waals surface area contributed by atoms with Crippen LogP contribution in [0.2, 0.25) is 0 Å². The highest BCUT2D eigenvalue weighted by Crippen LogP contribution is 2.12. The van der Waals surface area contributed by atoms with Gasteiger partial charge in [-0.25, -0.2) is 4.39 Å². The predicted molar refractivity (Wildman–Crippen MR) is 61.7 cm³/mol. The van der Waals surface area contributed by atoms with E-state index in [1.54, 1.807) is 6.07 Å². The number of ether oxygens (including phenoxy) is 1. The maximum absolute atomic E-state index is 13.3. The van der Waals surface area contributed by atoms with Gasteiger partial charge in [-0.05, 0) is 25.3 Å². The minimum absolute atomic E-state index is 0.139. The second-order valence-corrected chi connectivity index (χ2v) is 4.21. The Morgan fingerprint density at radius 1 is 1.31 bits per heavy atom. The molecule has 1 N–H and O–H groups in total. The van der Waals surface area contributed by atoms with Crippen LogP contribution in [0.15, 0.2) is 24.3 Å². The molecular weight excluding hydrogens is 205 g/mol. The van der Waals surface area contributed by atoms with Crippen molar-refractivity contribution >= 4 is 0 Å². The number of hydrogen-bond acceptors (Lipinski definition) is 2. The molecule has 3 heteroatoms. The standard InChI is InChI=1S/C13H18FNO/c14-13-7-2-1-5-11(13)9-15-10-12-6-3-4-8-16-12/h1-2,5,7,12,15H,3-4,6,8-10H2.